The number of aryl methyl sites for hydroxylation is 1. The summed E-state index contributed by atoms with van der Waals surface area (Å²) in [6.07, 6.45) is 0.791. The molecule has 0 radical (unpaired) electrons. The van der Waals surface area contributed by atoms with Gasteiger partial charge in [-0.2, -0.15) is 0 Å². The summed E-state index contributed by atoms with van der Waals surface area (Å²) in [6.45, 7) is 1.26. The molecule has 0 aliphatic carbocycles. The zero-order valence-corrected chi connectivity index (χ0v) is 16.7. The van der Waals surface area contributed by atoms with Crippen LogP contribution in [0.2, 0.25) is 0 Å². The van der Waals surface area contributed by atoms with E-state index >= 15 is 0 Å². The number of sulfone groups is 1. The van der Waals surface area contributed by atoms with E-state index in [0.717, 1.165) is 22.4 Å². The molecule has 0 amide bonds. The molecule has 0 aliphatic heterocycles. The van der Waals surface area contributed by atoms with Crippen LogP contribution in [0.4, 0.5) is 8.78 Å². The lowest BCUT2D eigenvalue weighted by atomic mass is 9.98. The summed E-state index contributed by atoms with van der Waals surface area (Å²) in [5.41, 5.74) is 1.48. The van der Waals surface area contributed by atoms with Crippen LogP contribution in [0.25, 0.3) is 22.4 Å². The van der Waals surface area contributed by atoms with Gasteiger partial charge in [0.25, 0.3) is 0 Å². The molecule has 0 saturated carbocycles. The highest BCUT2D eigenvalue weighted by atomic mass is 79.9. The second kappa shape index (κ2) is 7.14. The van der Waals surface area contributed by atoms with Crippen molar-refractivity contribution in [2.24, 2.45) is 0 Å². The van der Waals surface area contributed by atoms with E-state index in [1.54, 1.807) is 18.2 Å². The lowest BCUT2D eigenvalue weighted by Crippen LogP contribution is -2.03. The predicted octanol–water partition coefficient (Wildman–Crippen LogP) is 4.25. The zero-order chi connectivity index (χ0) is 19.9. The van der Waals surface area contributed by atoms with Gasteiger partial charge in [-0.1, -0.05) is 27.2 Å². The van der Waals surface area contributed by atoms with E-state index in [1.807, 2.05) is 6.92 Å². The number of aliphatic hydroxyl groups excluding tert-OH is 1. The summed E-state index contributed by atoms with van der Waals surface area (Å²) in [5, 5.41) is 13.4. The smallest absolute Gasteiger partial charge is 0.178 e. The summed E-state index contributed by atoms with van der Waals surface area (Å²) in [6, 6.07) is 6.63. The molecule has 0 unspecified atom stereocenters. The lowest BCUT2D eigenvalue weighted by molar-refractivity contribution is 0.230. The monoisotopic (exact) mass is 457 g/mol. The molecule has 3 rings (SSSR count). The molecule has 0 aliphatic rings. The second-order valence-electron chi connectivity index (χ2n) is 5.99. The molecular formula is C18H14BrF2NO4S. The molecule has 3 aromatic rings. The molecule has 1 N–H and O–H groups in total. The molecule has 5 nitrogen and oxygen atoms in total. The van der Waals surface area contributed by atoms with Crippen LogP contribution in [0.15, 0.2) is 44.2 Å². The first-order chi connectivity index (χ1) is 12.6. The Morgan fingerprint density at radius 1 is 1.19 bits per heavy atom. The molecule has 1 aromatic heterocycles. The van der Waals surface area contributed by atoms with Crippen molar-refractivity contribution < 1.29 is 26.8 Å². The first-order valence-corrected chi connectivity index (χ1v) is 10.4. The third-order valence-electron chi connectivity index (χ3n) is 4.03. The molecule has 9 heteroatoms. The Balaban J connectivity index is 2.27. The van der Waals surface area contributed by atoms with Crippen molar-refractivity contribution in [3.63, 3.8) is 0 Å². The van der Waals surface area contributed by atoms with E-state index < -0.39 is 33.0 Å². The number of aromatic nitrogens is 1. The maximum absolute atomic E-state index is 14.7. The minimum absolute atomic E-state index is 0.0593. The maximum Gasteiger partial charge on any atom is 0.178 e. The van der Waals surface area contributed by atoms with Gasteiger partial charge >= 0.3 is 0 Å². The molecule has 0 bridgehead atoms. The van der Waals surface area contributed by atoms with Crippen LogP contribution in [0, 0.1) is 18.6 Å². The molecule has 0 atom stereocenters. The van der Waals surface area contributed by atoms with E-state index in [9.17, 15) is 22.3 Å². The van der Waals surface area contributed by atoms with E-state index in [0.29, 0.717) is 11.6 Å². The maximum atomic E-state index is 14.7. The number of benzene rings is 2. The molecule has 0 spiro atoms. The highest BCUT2D eigenvalue weighted by molar-refractivity contribution is 9.10. The minimum atomic E-state index is -3.94. The van der Waals surface area contributed by atoms with E-state index in [4.69, 9.17) is 4.52 Å². The average Bonchev–Trinajstić information content (AvgIpc) is 3.01. The van der Waals surface area contributed by atoms with Crippen LogP contribution in [0.3, 0.4) is 0 Å². The molecule has 2 aromatic carbocycles. The minimum Gasteiger partial charge on any atom is -0.388 e. The number of hydrogen-bond donors (Lipinski definition) is 1. The Kier molecular flexibility index (Phi) is 5.20. The Bertz CT molecular complexity index is 1140. The van der Waals surface area contributed by atoms with Crippen LogP contribution >= 0.6 is 15.9 Å². The zero-order valence-electron chi connectivity index (χ0n) is 14.3. The van der Waals surface area contributed by atoms with Crippen molar-refractivity contribution in [2.45, 2.75) is 18.4 Å². The molecule has 142 valence electrons. The van der Waals surface area contributed by atoms with Crippen LogP contribution in [-0.4, -0.2) is 24.9 Å². The lowest BCUT2D eigenvalue weighted by Gasteiger charge is -2.09. The first kappa shape index (κ1) is 19.7. The largest absolute Gasteiger partial charge is 0.388 e. The highest BCUT2D eigenvalue weighted by Gasteiger charge is 2.25. The summed E-state index contributed by atoms with van der Waals surface area (Å²) in [7, 11) is -3.94. The Morgan fingerprint density at radius 2 is 1.89 bits per heavy atom. The summed E-state index contributed by atoms with van der Waals surface area (Å²) in [4.78, 5) is -0.744. The SMILES string of the molecule is Cc1cc(-c2noc(CO)c2-c2cc(F)c(S(C)(=O)=O)cc2F)ccc1Br. The van der Waals surface area contributed by atoms with Crippen molar-refractivity contribution in [1.82, 2.24) is 5.16 Å². The highest BCUT2D eigenvalue weighted by Crippen LogP contribution is 2.38. The fraction of sp³-hybridized carbons (Fsp3) is 0.167. The second-order valence-corrected chi connectivity index (χ2v) is 8.82. The van der Waals surface area contributed by atoms with Crippen molar-refractivity contribution in [2.75, 3.05) is 6.26 Å². The third kappa shape index (κ3) is 3.67. The van der Waals surface area contributed by atoms with Gasteiger partial charge in [0.05, 0.1) is 5.56 Å². The summed E-state index contributed by atoms with van der Waals surface area (Å²) in [5.74, 6) is -2.13. The van der Waals surface area contributed by atoms with Crippen molar-refractivity contribution in [1.29, 1.82) is 0 Å². The van der Waals surface area contributed by atoms with Crippen molar-refractivity contribution in [3.8, 4) is 22.4 Å². The molecule has 1 heterocycles. The van der Waals surface area contributed by atoms with Crippen LogP contribution in [-0.2, 0) is 16.4 Å². The van der Waals surface area contributed by atoms with E-state index in [2.05, 4.69) is 21.1 Å². The van der Waals surface area contributed by atoms with Crippen LogP contribution in [0.1, 0.15) is 11.3 Å². The standard InChI is InChI=1S/C18H14BrF2NO4S/c1-9-5-10(3-4-12(9)19)18-17(15(8-23)26-22-18)11-6-14(21)16(7-13(11)20)27(2,24)25/h3-7,23H,8H2,1-2H3. The van der Waals surface area contributed by atoms with Gasteiger partial charge in [0.1, 0.15) is 28.8 Å². The van der Waals surface area contributed by atoms with Gasteiger partial charge in [-0.05, 0) is 36.8 Å². The van der Waals surface area contributed by atoms with Gasteiger partial charge in [0.15, 0.2) is 15.6 Å². The van der Waals surface area contributed by atoms with Gasteiger partial charge in [-0.25, -0.2) is 17.2 Å². The molecule has 0 fully saturated rings. The molecule has 0 saturated heterocycles. The number of halogens is 3. The third-order valence-corrected chi connectivity index (χ3v) is 6.03. The fourth-order valence-corrected chi connectivity index (χ4v) is 3.68. The molecule has 27 heavy (non-hydrogen) atoms. The number of nitrogens with zero attached hydrogens (tertiary/aromatic N) is 1. The average molecular weight is 458 g/mol. The van der Waals surface area contributed by atoms with Crippen molar-refractivity contribution >= 4 is 25.8 Å². The number of aliphatic hydroxyl groups is 1. The van der Waals surface area contributed by atoms with Crippen LogP contribution < -0.4 is 0 Å². The van der Waals surface area contributed by atoms with E-state index in [1.165, 1.54) is 0 Å². The van der Waals surface area contributed by atoms with Gasteiger partial charge < -0.3 is 9.63 Å². The van der Waals surface area contributed by atoms with E-state index in [-0.39, 0.29) is 22.6 Å². The Morgan fingerprint density at radius 3 is 2.48 bits per heavy atom. The predicted molar refractivity (Wildman–Crippen MR) is 98.8 cm³/mol. The van der Waals surface area contributed by atoms with Gasteiger partial charge in [-0.15, -0.1) is 0 Å². The summed E-state index contributed by atoms with van der Waals surface area (Å²) >= 11 is 3.38. The Hall–Kier alpha value is -2.10. The number of rotatable bonds is 4. The van der Waals surface area contributed by atoms with Crippen LogP contribution in [0.5, 0.6) is 0 Å². The fourth-order valence-electron chi connectivity index (χ4n) is 2.70. The first-order valence-electron chi connectivity index (χ1n) is 7.69. The van der Waals surface area contributed by atoms with Gasteiger partial charge in [-0.3, -0.25) is 0 Å². The Labute approximate surface area is 162 Å². The van der Waals surface area contributed by atoms with Gasteiger partial charge in [0.2, 0.25) is 0 Å². The summed E-state index contributed by atoms with van der Waals surface area (Å²) < 4.78 is 58.2. The van der Waals surface area contributed by atoms with Gasteiger partial charge in [0, 0.05) is 21.9 Å². The van der Waals surface area contributed by atoms with Crippen molar-refractivity contribution in [3.05, 3.63) is 57.8 Å². The quantitative estimate of drug-likeness (QED) is 0.633. The normalized spacial score (nSPS) is 11.8. The topological polar surface area (TPSA) is 80.4 Å². The number of hydrogen-bond acceptors (Lipinski definition) is 5. The molecular weight excluding hydrogens is 444 g/mol.